The molecular formula is C11H15F9N4O4S2. The Morgan fingerprint density at radius 2 is 1.40 bits per heavy atom. The Hall–Kier alpha value is -1.63. The summed E-state index contributed by atoms with van der Waals surface area (Å²) >= 11 is 0. The molecule has 8 nitrogen and oxygen atoms in total. The molecule has 0 saturated heterocycles. The number of hydrogen-bond acceptors (Lipinski definition) is 5. The van der Waals surface area contributed by atoms with Crippen molar-refractivity contribution in [1.82, 2.24) is 9.78 Å². The molecule has 0 fully saturated rings. The molecule has 0 aliphatic heterocycles. The van der Waals surface area contributed by atoms with Gasteiger partial charge in [-0.1, -0.05) is 13.3 Å². The van der Waals surface area contributed by atoms with Crippen molar-refractivity contribution in [2.45, 2.75) is 56.5 Å². The quantitative estimate of drug-likeness (QED) is 0.421. The lowest BCUT2D eigenvalue weighted by atomic mass is 10.3. The molecule has 0 aliphatic rings. The summed E-state index contributed by atoms with van der Waals surface area (Å²) in [6.45, 7) is 2.76. The lowest BCUT2D eigenvalue weighted by molar-refractivity contribution is -0.701. The first-order valence-corrected chi connectivity index (χ1v) is 10.4. The highest BCUT2D eigenvalue weighted by Crippen LogP contribution is 2.36. The van der Waals surface area contributed by atoms with Crippen LogP contribution in [0.1, 0.15) is 26.2 Å². The van der Waals surface area contributed by atoms with Gasteiger partial charge in [-0.2, -0.15) is 39.5 Å². The number of aryl methyl sites for hydroxylation is 2. The molecule has 0 unspecified atom stereocenters. The minimum Gasteiger partial charge on any atom is -0.421 e. The van der Waals surface area contributed by atoms with Crippen molar-refractivity contribution in [2.75, 3.05) is 0 Å². The van der Waals surface area contributed by atoms with E-state index in [4.69, 9.17) is 0 Å². The number of sulfonamides is 2. The number of rotatable bonds is 7. The molecule has 1 rings (SSSR count). The second-order valence-electron chi connectivity index (χ2n) is 5.38. The van der Waals surface area contributed by atoms with E-state index < -0.39 is 43.7 Å². The number of aromatic nitrogens is 3. The van der Waals surface area contributed by atoms with Crippen LogP contribution in [-0.4, -0.2) is 43.8 Å². The van der Waals surface area contributed by atoms with Gasteiger partial charge in [0.2, 0.25) is 6.33 Å². The summed E-state index contributed by atoms with van der Waals surface area (Å²) < 4.78 is 148. The summed E-state index contributed by atoms with van der Waals surface area (Å²) in [5.41, 5.74) is -12.4. The highest BCUT2D eigenvalue weighted by Gasteiger charge is 2.46. The number of halogens is 9. The van der Waals surface area contributed by atoms with Crippen LogP contribution in [0, 0.1) is 0 Å². The van der Waals surface area contributed by atoms with Crippen molar-refractivity contribution >= 4 is 20.0 Å². The molecular weight excluding hydrogens is 487 g/mol. The number of unbranched alkanes of at least 4 members (excludes halogenated alkanes) is 1. The van der Waals surface area contributed by atoms with Gasteiger partial charge in [0.15, 0.2) is 20.0 Å². The van der Waals surface area contributed by atoms with Crippen LogP contribution in [0.5, 0.6) is 0 Å². The van der Waals surface area contributed by atoms with Gasteiger partial charge in [-0.15, -0.1) is 4.68 Å². The van der Waals surface area contributed by atoms with Gasteiger partial charge in [0.05, 0.1) is 13.0 Å². The van der Waals surface area contributed by atoms with Crippen LogP contribution < -0.4 is 4.57 Å². The first-order chi connectivity index (χ1) is 13.2. The zero-order valence-electron chi connectivity index (χ0n) is 14.8. The Morgan fingerprint density at radius 3 is 1.77 bits per heavy atom. The Kier molecular flexibility index (Phi) is 9.57. The van der Waals surface area contributed by atoms with E-state index in [9.17, 15) is 56.3 Å². The zero-order valence-corrected chi connectivity index (χ0v) is 16.5. The monoisotopic (exact) mass is 502 g/mol. The number of nitrogens with zero attached hydrogens (tertiary/aromatic N) is 4. The summed E-state index contributed by atoms with van der Waals surface area (Å²) in [6.07, 6.45) is 0.168. The summed E-state index contributed by atoms with van der Waals surface area (Å²) in [4.78, 5) is 0. The smallest absolute Gasteiger partial charge is 0.421 e. The van der Waals surface area contributed by atoms with Crippen LogP contribution in [0.25, 0.3) is 4.13 Å². The Bertz CT molecular complexity index is 832. The SMILES string of the molecule is CCCCn1c[n+](CCC(F)(F)F)cn1.O=S(=O)([N-]S(=O)(=O)C(F)(F)F)C(F)(F)F. The van der Waals surface area contributed by atoms with Gasteiger partial charge < -0.3 is 4.13 Å². The molecule has 178 valence electrons. The summed E-state index contributed by atoms with van der Waals surface area (Å²) in [7, 11) is -13.4. The lowest BCUT2D eigenvalue weighted by Crippen LogP contribution is -2.33. The topological polar surface area (TPSA) is 104 Å². The molecule has 0 amide bonds. The number of hydrogen-bond donors (Lipinski definition) is 0. The van der Waals surface area contributed by atoms with E-state index >= 15 is 0 Å². The number of alkyl halides is 9. The molecule has 0 radical (unpaired) electrons. The van der Waals surface area contributed by atoms with E-state index in [1.54, 1.807) is 11.0 Å². The molecule has 0 atom stereocenters. The third-order valence-corrected chi connectivity index (χ3v) is 5.55. The van der Waals surface area contributed by atoms with E-state index in [0.717, 1.165) is 23.5 Å². The third kappa shape index (κ3) is 9.92. The van der Waals surface area contributed by atoms with Crippen LogP contribution >= 0.6 is 0 Å². The van der Waals surface area contributed by atoms with Gasteiger partial charge in [0, 0.05) is 5.10 Å². The highest BCUT2D eigenvalue weighted by molar-refractivity contribution is 8.13. The molecule has 1 aromatic rings. The largest absolute Gasteiger partial charge is 0.480 e. The second kappa shape index (κ2) is 10.1. The van der Waals surface area contributed by atoms with E-state index in [1.807, 2.05) is 0 Å². The van der Waals surface area contributed by atoms with Gasteiger partial charge in [-0.3, -0.25) is 0 Å². The Morgan fingerprint density at radius 1 is 0.933 bits per heavy atom. The standard InChI is InChI=1S/C9H15F3N3.C2F6NO4S2/c1-2-3-5-15-8-14(7-13-15)6-4-9(10,11)12;3-1(4,5)14(10,11)9-15(12,13)2(6,7)8/h7-8H,2-6H2,1H3;/q+1;-1. The molecule has 30 heavy (non-hydrogen) atoms. The van der Waals surface area contributed by atoms with Crippen LogP contribution in [0.4, 0.5) is 39.5 Å². The molecule has 0 saturated carbocycles. The average Bonchev–Trinajstić information content (AvgIpc) is 2.95. The summed E-state index contributed by atoms with van der Waals surface area (Å²) in [6, 6.07) is 0. The molecule has 1 aromatic heterocycles. The molecule has 0 N–H and O–H groups in total. The van der Waals surface area contributed by atoms with Crippen molar-refractivity contribution in [2.24, 2.45) is 0 Å². The van der Waals surface area contributed by atoms with Crippen molar-refractivity contribution in [3.8, 4) is 0 Å². The first kappa shape index (κ1) is 28.4. The van der Waals surface area contributed by atoms with Crippen LogP contribution in [-0.2, 0) is 33.1 Å². The van der Waals surface area contributed by atoms with Crippen molar-refractivity contribution < 1.29 is 60.9 Å². The van der Waals surface area contributed by atoms with Crippen molar-refractivity contribution in [3.63, 3.8) is 0 Å². The fourth-order valence-electron chi connectivity index (χ4n) is 1.38. The predicted molar refractivity (Wildman–Crippen MR) is 81.3 cm³/mol. The van der Waals surface area contributed by atoms with Gasteiger partial charge >= 0.3 is 17.2 Å². The van der Waals surface area contributed by atoms with E-state index in [2.05, 4.69) is 12.0 Å². The van der Waals surface area contributed by atoms with E-state index in [1.165, 1.54) is 10.9 Å². The third-order valence-electron chi connectivity index (χ3n) is 2.81. The summed E-state index contributed by atoms with van der Waals surface area (Å²) in [5, 5.41) is 3.97. The normalized spacial score (nSPS) is 13.7. The Labute approximate surface area is 164 Å². The molecule has 0 aliphatic carbocycles. The van der Waals surface area contributed by atoms with Crippen LogP contribution in [0.15, 0.2) is 12.7 Å². The molecule has 0 aromatic carbocycles. The maximum atomic E-state index is 11.9. The van der Waals surface area contributed by atoms with Gasteiger partial charge in [0.25, 0.3) is 6.33 Å². The highest BCUT2D eigenvalue weighted by atomic mass is 32.3. The minimum atomic E-state index is -6.72. The second-order valence-corrected chi connectivity index (χ2v) is 8.80. The van der Waals surface area contributed by atoms with Crippen molar-refractivity contribution in [1.29, 1.82) is 0 Å². The lowest BCUT2D eigenvalue weighted by Gasteiger charge is -2.22. The average molecular weight is 502 g/mol. The fourth-order valence-corrected chi connectivity index (χ4v) is 3.09. The predicted octanol–water partition coefficient (Wildman–Crippen LogP) is 2.98. The van der Waals surface area contributed by atoms with Gasteiger partial charge in [-0.25, -0.2) is 21.4 Å². The van der Waals surface area contributed by atoms with Gasteiger partial charge in [-0.05, 0) is 6.42 Å². The summed E-state index contributed by atoms with van der Waals surface area (Å²) in [5.74, 6) is 0. The van der Waals surface area contributed by atoms with Crippen molar-refractivity contribution in [3.05, 3.63) is 16.8 Å². The molecule has 0 bridgehead atoms. The van der Waals surface area contributed by atoms with E-state index in [0.29, 0.717) is 0 Å². The minimum absolute atomic E-state index is 0.0599. The van der Waals surface area contributed by atoms with Crippen LogP contribution in [0.2, 0.25) is 0 Å². The zero-order chi connectivity index (χ0) is 24.0. The first-order valence-electron chi connectivity index (χ1n) is 7.57. The molecule has 19 heteroatoms. The van der Waals surface area contributed by atoms with E-state index in [-0.39, 0.29) is 6.54 Å². The van der Waals surface area contributed by atoms with Gasteiger partial charge in [0.1, 0.15) is 6.54 Å². The molecule has 0 spiro atoms. The van der Waals surface area contributed by atoms with Crippen LogP contribution in [0.3, 0.4) is 0 Å². The fraction of sp³-hybridized carbons (Fsp3) is 0.818. The Balaban J connectivity index is 0.000000561. The molecule has 1 heterocycles. The maximum Gasteiger partial charge on any atom is 0.480 e. The maximum absolute atomic E-state index is 11.9.